The van der Waals surface area contributed by atoms with Gasteiger partial charge in [-0.15, -0.1) is 0 Å². The molecule has 2 rings (SSSR count). The number of hydrogen-bond donors (Lipinski definition) is 2. The van der Waals surface area contributed by atoms with Crippen LogP contribution in [-0.4, -0.2) is 47.1 Å². The van der Waals surface area contributed by atoms with Crippen molar-refractivity contribution in [3.63, 3.8) is 0 Å². The van der Waals surface area contributed by atoms with Crippen LogP contribution in [0.3, 0.4) is 0 Å². The summed E-state index contributed by atoms with van der Waals surface area (Å²) in [5, 5.41) is 5.57. The lowest BCUT2D eigenvalue weighted by Gasteiger charge is -2.11. The maximum atomic E-state index is 11.8. The molecule has 0 saturated heterocycles. The van der Waals surface area contributed by atoms with E-state index >= 15 is 0 Å². The molecule has 0 bridgehead atoms. The average molecular weight is 374 g/mol. The first kappa shape index (κ1) is 20.2. The second-order valence-electron chi connectivity index (χ2n) is 5.65. The molecule has 7 heteroatoms. The van der Waals surface area contributed by atoms with E-state index in [1.807, 2.05) is 36.4 Å². The Morgan fingerprint density at radius 1 is 0.852 bits per heavy atom. The zero-order chi connectivity index (χ0) is 19.5. The van der Waals surface area contributed by atoms with E-state index in [1.54, 1.807) is 27.4 Å². The van der Waals surface area contributed by atoms with Crippen molar-refractivity contribution >= 4 is 6.03 Å². The summed E-state index contributed by atoms with van der Waals surface area (Å²) in [6, 6.07) is 12.8. The molecular weight excluding hydrogens is 348 g/mol. The molecule has 2 aromatic rings. The summed E-state index contributed by atoms with van der Waals surface area (Å²) in [7, 11) is 4.80. The Balaban J connectivity index is 1.65. The Kier molecular flexibility index (Phi) is 8.09. The number of carbonyl (C=O) groups excluding carboxylic acids is 1. The lowest BCUT2D eigenvalue weighted by atomic mass is 10.1. The third kappa shape index (κ3) is 6.62. The van der Waals surface area contributed by atoms with E-state index in [1.165, 1.54) is 0 Å². The number of rotatable bonds is 10. The van der Waals surface area contributed by atoms with Crippen LogP contribution < -0.4 is 29.6 Å². The fourth-order valence-electron chi connectivity index (χ4n) is 2.44. The topological polar surface area (TPSA) is 78.1 Å². The molecule has 0 heterocycles. The molecule has 0 fully saturated rings. The Bertz CT molecular complexity index is 736. The molecule has 0 aliphatic carbocycles. The molecule has 0 atom stereocenters. The first-order valence-corrected chi connectivity index (χ1v) is 8.65. The van der Waals surface area contributed by atoms with E-state index in [2.05, 4.69) is 10.6 Å². The molecule has 0 saturated carbocycles. The summed E-state index contributed by atoms with van der Waals surface area (Å²) >= 11 is 0. The first-order valence-electron chi connectivity index (χ1n) is 8.65. The van der Waals surface area contributed by atoms with Gasteiger partial charge < -0.3 is 29.6 Å². The molecule has 27 heavy (non-hydrogen) atoms. The van der Waals surface area contributed by atoms with Crippen molar-refractivity contribution in [2.75, 3.05) is 41.0 Å². The van der Waals surface area contributed by atoms with Gasteiger partial charge in [0.25, 0.3) is 0 Å². The third-order valence-electron chi connectivity index (χ3n) is 3.84. The molecular formula is C20H26N2O5. The fourth-order valence-corrected chi connectivity index (χ4v) is 2.44. The number of nitrogens with one attached hydrogen (secondary N) is 2. The van der Waals surface area contributed by atoms with Gasteiger partial charge in [-0.3, -0.25) is 0 Å². The van der Waals surface area contributed by atoms with Crippen molar-refractivity contribution in [2.45, 2.75) is 6.42 Å². The number of hydrogen-bond acceptors (Lipinski definition) is 5. The van der Waals surface area contributed by atoms with Gasteiger partial charge in [0, 0.05) is 12.6 Å². The van der Waals surface area contributed by atoms with E-state index < -0.39 is 0 Å². The van der Waals surface area contributed by atoms with Gasteiger partial charge >= 0.3 is 6.03 Å². The van der Waals surface area contributed by atoms with Crippen molar-refractivity contribution in [1.82, 2.24) is 10.6 Å². The van der Waals surface area contributed by atoms with Gasteiger partial charge in [-0.2, -0.15) is 0 Å². The Labute approximate surface area is 159 Å². The number of carbonyl (C=O) groups is 1. The van der Waals surface area contributed by atoms with Crippen molar-refractivity contribution in [1.29, 1.82) is 0 Å². The molecule has 7 nitrogen and oxygen atoms in total. The van der Waals surface area contributed by atoms with Crippen LogP contribution in [0, 0.1) is 0 Å². The zero-order valence-electron chi connectivity index (χ0n) is 15.9. The largest absolute Gasteiger partial charge is 0.497 e. The van der Waals surface area contributed by atoms with E-state index in [9.17, 15) is 4.79 Å². The Morgan fingerprint density at radius 3 is 2.33 bits per heavy atom. The summed E-state index contributed by atoms with van der Waals surface area (Å²) in [5.41, 5.74) is 1.05. The van der Waals surface area contributed by atoms with Gasteiger partial charge in [0.2, 0.25) is 0 Å². The highest BCUT2D eigenvalue weighted by atomic mass is 16.5. The van der Waals surface area contributed by atoms with Crippen LogP contribution in [0.4, 0.5) is 4.79 Å². The predicted octanol–water partition coefficient (Wildman–Crippen LogP) is 2.63. The molecule has 0 spiro atoms. The van der Waals surface area contributed by atoms with Crippen molar-refractivity contribution in [3.05, 3.63) is 48.0 Å². The third-order valence-corrected chi connectivity index (χ3v) is 3.84. The average Bonchev–Trinajstić information content (AvgIpc) is 2.71. The fraction of sp³-hybridized carbons (Fsp3) is 0.350. The molecule has 0 radical (unpaired) electrons. The van der Waals surface area contributed by atoms with Gasteiger partial charge in [-0.05, 0) is 36.2 Å². The SMILES string of the molecule is COc1cccc(OCCNC(=O)NCCc2ccc(OC)c(OC)c2)c1. The van der Waals surface area contributed by atoms with Crippen LogP contribution in [0.5, 0.6) is 23.0 Å². The number of amides is 2. The highest BCUT2D eigenvalue weighted by molar-refractivity contribution is 5.73. The van der Waals surface area contributed by atoms with Crippen LogP contribution in [0.2, 0.25) is 0 Å². The highest BCUT2D eigenvalue weighted by Crippen LogP contribution is 2.27. The quantitative estimate of drug-likeness (QED) is 0.625. The van der Waals surface area contributed by atoms with Gasteiger partial charge in [0.1, 0.15) is 18.1 Å². The van der Waals surface area contributed by atoms with Crippen LogP contribution in [0.15, 0.2) is 42.5 Å². The van der Waals surface area contributed by atoms with E-state index in [4.69, 9.17) is 18.9 Å². The molecule has 2 aromatic carbocycles. The first-order chi connectivity index (χ1) is 13.2. The van der Waals surface area contributed by atoms with Crippen molar-refractivity contribution < 1.29 is 23.7 Å². The van der Waals surface area contributed by atoms with Crippen LogP contribution in [0.25, 0.3) is 0 Å². The van der Waals surface area contributed by atoms with Gasteiger partial charge in [-0.25, -0.2) is 4.79 Å². The van der Waals surface area contributed by atoms with Crippen LogP contribution in [0.1, 0.15) is 5.56 Å². The van der Waals surface area contributed by atoms with Crippen LogP contribution >= 0.6 is 0 Å². The highest BCUT2D eigenvalue weighted by Gasteiger charge is 2.05. The molecule has 0 unspecified atom stereocenters. The minimum Gasteiger partial charge on any atom is -0.497 e. The summed E-state index contributed by atoms with van der Waals surface area (Å²) in [6.07, 6.45) is 0.689. The molecule has 0 aliphatic heterocycles. The molecule has 146 valence electrons. The molecule has 0 aliphatic rings. The zero-order valence-corrected chi connectivity index (χ0v) is 15.9. The summed E-state index contributed by atoms with van der Waals surface area (Å²) in [6.45, 7) is 1.29. The summed E-state index contributed by atoms with van der Waals surface area (Å²) in [4.78, 5) is 11.8. The standard InChI is InChI=1S/C20H26N2O5/c1-24-16-5-4-6-17(14-16)27-12-11-22-20(23)21-10-9-15-7-8-18(25-2)19(13-15)26-3/h4-8,13-14H,9-12H2,1-3H3,(H2,21,22,23). The number of ether oxygens (including phenoxy) is 4. The second-order valence-corrected chi connectivity index (χ2v) is 5.65. The molecule has 2 N–H and O–H groups in total. The predicted molar refractivity (Wildman–Crippen MR) is 103 cm³/mol. The Morgan fingerprint density at radius 2 is 1.59 bits per heavy atom. The monoisotopic (exact) mass is 374 g/mol. The minimum atomic E-state index is -0.232. The molecule has 0 aromatic heterocycles. The maximum absolute atomic E-state index is 11.8. The Hall–Kier alpha value is -3.09. The minimum absolute atomic E-state index is 0.232. The lowest BCUT2D eigenvalue weighted by molar-refractivity contribution is 0.236. The van der Waals surface area contributed by atoms with Crippen molar-refractivity contribution in [3.8, 4) is 23.0 Å². The summed E-state index contributed by atoms with van der Waals surface area (Å²) in [5.74, 6) is 2.79. The van der Waals surface area contributed by atoms with E-state index in [-0.39, 0.29) is 6.03 Å². The van der Waals surface area contributed by atoms with Crippen LogP contribution in [-0.2, 0) is 6.42 Å². The maximum Gasteiger partial charge on any atom is 0.314 e. The van der Waals surface area contributed by atoms with Gasteiger partial charge in [-0.1, -0.05) is 12.1 Å². The second kappa shape index (κ2) is 10.8. The van der Waals surface area contributed by atoms with Gasteiger partial charge in [0.15, 0.2) is 11.5 Å². The normalized spacial score (nSPS) is 10.0. The van der Waals surface area contributed by atoms with E-state index in [0.29, 0.717) is 43.4 Å². The summed E-state index contributed by atoms with van der Waals surface area (Å²) < 4.78 is 21.2. The van der Waals surface area contributed by atoms with E-state index in [0.717, 1.165) is 11.3 Å². The van der Waals surface area contributed by atoms with Gasteiger partial charge in [0.05, 0.1) is 27.9 Å². The number of urea groups is 1. The number of benzene rings is 2. The number of methoxy groups -OCH3 is 3. The lowest BCUT2D eigenvalue weighted by Crippen LogP contribution is -2.38. The van der Waals surface area contributed by atoms with Crippen molar-refractivity contribution in [2.24, 2.45) is 0 Å². The molecule has 2 amide bonds. The smallest absolute Gasteiger partial charge is 0.314 e.